The van der Waals surface area contributed by atoms with E-state index in [2.05, 4.69) is 11.1 Å². The second-order valence-corrected chi connectivity index (χ2v) is 12.9. The van der Waals surface area contributed by atoms with Crippen LogP contribution in [0.5, 0.6) is 5.75 Å². The highest BCUT2D eigenvalue weighted by Crippen LogP contribution is 2.34. The van der Waals surface area contributed by atoms with Gasteiger partial charge in [-0.05, 0) is 94.9 Å². The van der Waals surface area contributed by atoms with Gasteiger partial charge in [0.25, 0.3) is 0 Å². The summed E-state index contributed by atoms with van der Waals surface area (Å²) >= 11 is 1.30. The fourth-order valence-corrected chi connectivity index (χ4v) is 6.42. The van der Waals surface area contributed by atoms with Gasteiger partial charge in [0.1, 0.15) is 23.8 Å². The molecule has 1 amide bonds. The molecule has 0 unspecified atom stereocenters. The van der Waals surface area contributed by atoms with Gasteiger partial charge < -0.3 is 14.4 Å². The summed E-state index contributed by atoms with van der Waals surface area (Å²) < 4.78 is 25.0. The first-order valence-electron chi connectivity index (χ1n) is 14.2. The molecule has 6 nitrogen and oxygen atoms in total. The van der Waals surface area contributed by atoms with Crippen molar-refractivity contribution in [2.24, 2.45) is 11.8 Å². The summed E-state index contributed by atoms with van der Waals surface area (Å²) in [4.78, 5) is 31.0. The predicted octanol–water partition coefficient (Wildman–Crippen LogP) is 7.31. The Bertz CT molecular complexity index is 1110. The van der Waals surface area contributed by atoms with Gasteiger partial charge in [0.15, 0.2) is 0 Å². The number of hydrogen-bond acceptors (Lipinski definition) is 6. The predicted molar refractivity (Wildman–Crippen MR) is 153 cm³/mol. The van der Waals surface area contributed by atoms with Gasteiger partial charge in [-0.1, -0.05) is 36.7 Å². The first-order valence-corrected chi connectivity index (χ1v) is 15.1. The topological polar surface area (TPSA) is 68.7 Å². The van der Waals surface area contributed by atoms with Crippen LogP contribution in [0, 0.1) is 17.7 Å². The van der Waals surface area contributed by atoms with Crippen LogP contribution < -0.4 is 4.74 Å². The number of thioether (sulfide) groups is 1. The summed E-state index contributed by atoms with van der Waals surface area (Å²) in [6.07, 6.45) is 12.0. The average molecular weight is 557 g/mol. The smallest absolute Gasteiger partial charge is 0.410 e. The van der Waals surface area contributed by atoms with Crippen molar-refractivity contribution in [3.8, 4) is 5.75 Å². The molecule has 4 rings (SSSR count). The van der Waals surface area contributed by atoms with Crippen molar-refractivity contribution >= 4 is 23.0 Å². The number of benzene rings is 1. The lowest BCUT2D eigenvalue weighted by atomic mass is 9.78. The molecule has 39 heavy (non-hydrogen) atoms. The molecular formula is C31H41FN2O4S. The SMILES string of the molecule is CC(C)(C)OC(=O)N1CCC[C@H]1COc1cncc(C[C@H]2CC[C@H](CCSC(=O)c3cccc(F)c3)CC2)c1. The van der Waals surface area contributed by atoms with E-state index in [-0.39, 0.29) is 23.1 Å². The Balaban J connectivity index is 1.17. The molecule has 0 N–H and O–H groups in total. The van der Waals surface area contributed by atoms with Gasteiger partial charge >= 0.3 is 6.09 Å². The average Bonchev–Trinajstić information content (AvgIpc) is 3.37. The molecular weight excluding hydrogens is 515 g/mol. The van der Waals surface area contributed by atoms with Crippen LogP contribution >= 0.6 is 11.8 Å². The van der Waals surface area contributed by atoms with Gasteiger partial charge in [-0.15, -0.1) is 0 Å². The maximum atomic E-state index is 13.4. The van der Waals surface area contributed by atoms with Crippen molar-refractivity contribution in [1.29, 1.82) is 0 Å². The largest absolute Gasteiger partial charge is 0.490 e. The highest BCUT2D eigenvalue weighted by molar-refractivity contribution is 8.14. The van der Waals surface area contributed by atoms with Crippen molar-refractivity contribution in [3.63, 3.8) is 0 Å². The van der Waals surface area contributed by atoms with E-state index in [1.54, 1.807) is 23.2 Å². The van der Waals surface area contributed by atoms with Gasteiger partial charge in [-0.25, -0.2) is 9.18 Å². The van der Waals surface area contributed by atoms with Gasteiger partial charge in [0, 0.05) is 24.1 Å². The van der Waals surface area contributed by atoms with Crippen LogP contribution in [0.1, 0.15) is 81.6 Å². The normalized spacial score (nSPS) is 21.5. The van der Waals surface area contributed by atoms with Crippen LogP contribution in [0.3, 0.4) is 0 Å². The fourth-order valence-electron chi connectivity index (χ4n) is 5.49. The van der Waals surface area contributed by atoms with Gasteiger partial charge in [-0.2, -0.15) is 0 Å². The van der Waals surface area contributed by atoms with Crippen LogP contribution in [0.25, 0.3) is 0 Å². The molecule has 1 aromatic carbocycles. The summed E-state index contributed by atoms with van der Waals surface area (Å²) in [7, 11) is 0. The number of hydrogen-bond donors (Lipinski definition) is 0. The summed E-state index contributed by atoms with van der Waals surface area (Å²) in [5.41, 5.74) is 1.11. The Hall–Kier alpha value is -2.61. The zero-order valence-corrected chi connectivity index (χ0v) is 24.2. The van der Waals surface area contributed by atoms with E-state index in [0.717, 1.165) is 37.2 Å². The lowest BCUT2D eigenvalue weighted by molar-refractivity contribution is 0.0187. The third-order valence-corrected chi connectivity index (χ3v) is 8.47. The Kier molecular flexibility index (Phi) is 10.3. The summed E-state index contributed by atoms with van der Waals surface area (Å²) in [5.74, 6) is 2.42. The molecule has 1 aromatic heterocycles. The van der Waals surface area contributed by atoms with E-state index >= 15 is 0 Å². The van der Waals surface area contributed by atoms with E-state index < -0.39 is 5.60 Å². The molecule has 1 aliphatic heterocycles. The molecule has 2 aliphatic rings. The molecule has 0 spiro atoms. The number of likely N-dealkylation sites (tertiary alicyclic amines) is 1. The highest BCUT2D eigenvalue weighted by atomic mass is 32.2. The molecule has 0 bridgehead atoms. The van der Waals surface area contributed by atoms with Crippen molar-refractivity contribution in [3.05, 3.63) is 59.7 Å². The highest BCUT2D eigenvalue weighted by Gasteiger charge is 2.32. The van der Waals surface area contributed by atoms with E-state index in [4.69, 9.17) is 9.47 Å². The number of nitrogens with zero attached hydrogens (tertiary/aromatic N) is 2. The van der Waals surface area contributed by atoms with Gasteiger partial charge in [-0.3, -0.25) is 9.78 Å². The lowest BCUT2D eigenvalue weighted by Crippen LogP contribution is -2.42. The van der Waals surface area contributed by atoms with E-state index in [0.29, 0.717) is 30.6 Å². The molecule has 1 saturated carbocycles. The molecule has 2 aromatic rings. The van der Waals surface area contributed by atoms with Gasteiger partial charge in [0.05, 0.1) is 12.2 Å². The molecule has 1 atom stereocenters. The van der Waals surface area contributed by atoms with Crippen LogP contribution in [0.4, 0.5) is 9.18 Å². The van der Waals surface area contributed by atoms with Crippen molar-refractivity contribution in [1.82, 2.24) is 9.88 Å². The number of amides is 1. The summed E-state index contributed by atoms with van der Waals surface area (Å²) in [6, 6.07) is 8.02. The first kappa shape index (κ1) is 29.4. The maximum Gasteiger partial charge on any atom is 0.410 e. The van der Waals surface area contributed by atoms with E-state index in [1.807, 2.05) is 27.0 Å². The molecule has 2 fully saturated rings. The molecule has 0 radical (unpaired) electrons. The third kappa shape index (κ3) is 9.23. The van der Waals surface area contributed by atoms with Crippen molar-refractivity contribution in [2.45, 2.75) is 83.8 Å². The second kappa shape index (κ2) is 13.6. The summed E-state index contributed by atoms with van der Waals surface area (Å²) in [5, 5.41) is -0.0525. The van der Waals surface area contributed by atoms with Crippen molar-refractivity contribution in [2.75, 3.05) is 18.9 Å². The zero-order chi connectivity index (χ0) is 27.8. The quantitative estimate of drug-likeness (QED) is 0.323. The summed E-state index contributed by atoms with van der Waals surface area (Å²) in [6.45, 7) is 6.79. The maximum absolute atomic E-state index is 13.4. The van der Waals surface area contributed by atoms with Crippen LogP contribution in [-0.4, -0.2) is 51.6 Å². The lowest BCUT2D eigenvalue weighted by Gasteiger charge is -2.29. The number of carbonyl (C=O) groups is 2. The number of carbonyl (C=O) groups excluding carboxylic acids is 2. The Morgan fingerprint density at radius 3 is 2.59 bits per heavy atom. The zero-order valence-electron chi connectivity index (χ0n) is 23.4. The number of rotatable bonds is 9. The Morgan fingerprint density at radius 2 is 1.85 bits per heavy atom. The monoisotopic (exact) mass is 556 g/mol. The van der Waals surface area contributed by atoms with Crippen LogP contribution in [0.2, 0.25) is 0 Å². The second-order valence-electron chi connectivity index (χ2n) is 11.8. The molecule has 2 heterocycles. The minimum atomic E-state index is -0.509. The standard InChI is InChI=1S/C31H41FN2O4S/c1-31(2,3)38-30(36)34-14-5-8-27(34)21-37-28-17-24(19-33-20-28)16-23-11-9-22(10-12-23)13-15-39-29(35)25-6-4-7-26(32)18-25/h4,6-7,17-20,22-23,27H,5,8-16,21H2,1-3H3/t22-,23-,27-/m0/s1. The first-order chi connectivity index (χ1) is 18.7. The molecule has 1 aliphatic carbocycles. The number of halogens is 1. The third-order valence-electron chi connectivity index (χ3n) is 7.53. The minimum Gasteiger partial charge on any atom is -0.490 e. The molecule has 212 valence electrons. The number of ether oxygens (including phenoxy) is 2. The Morgan fingerprint density at radius 1 is 1.08 bits per heavy atom. The van der Waals surface area contributed by atoms with Gasteiger partial charge in [0.2, 0.25) is 5.12 Å². The van der Waals surface area contributed by atoms with E-state index in [9.17, 15) is 14.0 Å². The number of pyridine rings is 1. The van der Waals surface area contributed by atoms with E-state index in [1.165, 1.54) is 55.1 Å². The van der Waals surface area contributed by atoms with Crippen LogP contribution in [0.15, 0.2) is 42.7 Å². The fraction of sp³-hybridized carbons (Fsp3) is 0.581. The number of aromatic nitrogens is 1. The molecule has 8 heteroatoms. The van der Waals surface area contributed by atoms with Crippen molar-refractivity contribution < 1.29 is 23.5 Å². The molecule has 1 saturated heterocycles. The van der Waals surface area contributed by atoms with Crippen LogP contribution in [-0.2, 0) is 11.2 Å². The Labute approximate surface area is 236 Å². The minimum absolute atomic E-state index is 0.0149.